The summed E-state index contributed by atoms with van der Waals surface area (Å²) in [5, 5.41) is 5.53. The first-order valence-corrected chi connectivity index (χ1v) is 10.5. The highest BCUT2D eigenvalue weighted by atomic mass is 32.1. The molecule has 4 rings (SSSR count). The molecule has 1 aliphatic rings. The third-order valence-corrected chi connectivity index (χ3v) is 6.47. The largest absolute Gasteiger partial charge is 0.302 e. The van der Waals surface area contributed by atoms with Crippen molar-refractivity contribution >= 4 is 43.9 Å². The van der Waals surface area contributed by atoms with E-state index in [1.807, 2.05) is 6.20 Å². The summed E-state index contributed by atoms with van der Waals surface area (Å²) >= 11 is 3.29. The molecule has 1 unspecified atom stereocenters. The van der Waals surface area contributed by atoms with E-state index in [1.54, 1.807) is 29.0 Å². The smallest absolute Gasteiger partial charge is 0.223 e. The molecule has 8 heteroatoms. The van der Waals surface area contributed by atoms with Crippen LogP contribution < -0.4 is 5.32 Å². The van der Waals surface area contributed by atoms with Gasteiger partial charge in [0.1, 0.15) is 6.33 Å². The van der Waals surface area contributed by atoms with Crippen LogP contribution in [-0.2, 0) is 17.8 Å². The molecule has 1 fully saturated rings. The molecular weight excluding hydrogens is 366 g/mol. The van der Waals surface area contributed by atoms with E-state index < -0.39 is 0 Å². The molecule has 3 aromatic heterocycles. The number of thiophene rings is 1. The molecule has 3 aromatic rings. The second-order valence-corrected chi connectivity index (χ2v) is 8.75. The minimum Gasteiger partial charge on any atom is -0.302 e. The topological polar surface area (TPSA) is 71.0 Å². The molecule has 0 aliphatic carbocycles. The first-order chi connectivity index (χ1) is 12.7. The number of hydrogen-bond acceptors (Lipinski definition) is 7. The molecule has 1 saturated heterocycles. The number of amides is 1. The van der Waals surface area contributed by atoms with Crippen LogP contribution in [0, 0.1) is 5.92 Å². The number of nitrogens with zero attached hydrogens (tertiary/aromatic N) is 4. The molecule has 6 nitrogen and oxygen atoms in total. The quantitative estimate of drug-likeness (QED) is 0.725. The maximum Gasteiger partial charge on any atom is 0.223 e. The third-order valence-electron chi connectivity index (χ3n) is 4.62. The molecule has 0 aromatic carbocycles. The second-order valence-electron chi connectivity index (χ2n) is 6.72. The lowest BCUT2D eigenvalue weighted by Gasteiger charge is -2.32. The van der Waals surface area contributed by atoms with Crippen molar-refractivity contribution in [2.75, 3.05) is 18.4 Å². The molecule has 1 atom stereocenters. The summed E-state index contributed by atoms with van der Waals surface area (Å²) in [6.07, 6.45) is 7.02. The predicted octanol–water partition coefficient (Wildman–Crippen LogP) is 3.56. The van der Waals surface area contributed by atoms with Gasteiger partial charge >= 0.3 is 0 Å². The fourth-order valence-electron chi connectivity index (χ4n) is 3.53. The number of likely N-dealkylation sites (tertiary alicyclic amines) is 1. The summed E-state index contributed by atoms with van der Waals surface area (Å²) in [4.78, 5) is 28.0. The van der Waals surface area contributed by atoms with Gasteiger partial charge in [0.25, 0.3) is 0 Å². The fourth-order valence-corrected chi connectivity index (χ4v) is 5.28. The number of piperidine rings is 1. The Bertz CT molecular complexity index is 906. The lowest BCUT2D eigenvalue weighted by atomic mass is 9.93. The molecule has 0 spiro atoms. The van der Waals surface area contributed by atoms with E-state index in [-0.39, 0.29) is 5.91 Å². The highest BCUT2D eigenvalue weighted by Gasteiger charge is 2.22. The predicted molar refractivity (Wildman–Crippen MR) is 106 cm³/mol. The van der Waals surface area contributed by atoms with E-state index in [2.05, 4.69) is 36.6 Å². The van der Waals surface area contributed by atoms with E-state index in [1.165, 1.54) is 35.0 Å². The van der Waals surface area contributed by atoms with Crippen LogP contribution in [0.5, 0.6) is 0 Å². The average molecular weight is 388 g/mol. The number of fused-ring (bicyclic) bond motifs is 1. The van der Waals surface area contributed by atoms with E-state index in [0.29, 0.717) is 11.0 Å². The Morgan fingerprint density at radius 3 is 3.19 bits per heavy atom. The third kappa shape index (κ3) is 4.08. The summed E-state index contributed by atoms with van der Waals surface area (Å²) in [6, 6.07) is 2.06. The Balaban J connectivity index is 1.39. The van der Waals surface area contributed by atoms with Crippen LogP contribution in [0.15, 0.2) is 24.0 Å². The van der Waals surface area contributed by atoms with Crippen molar-refractivity contribution in [1.82, 2.24) is 19.9 Å². The zero-order valence-electron chi connectivity index (χ0n) is 14.6. The van der Waals surface area contributed by atoms with Crippen LogP contribution in [0.1, 0.15) is 30.3 Å². The van der Waals surface area contributed by atoms with Gasteiger partial charge in [0.15, 0.2) is 5.13 Å². The molecule has 1 aliphatic heterocycles. The van der Waals surface area contributed by atoms with Gasteiger partial charge in [-0.2, -0.15) is 0 Å². The number of aromatic nitrogens is 3. The zero-order chi connectivity index (χ0) is 17.9. The Labute approximate surface area is 160 Å². The number of carbonyl (C=O) groups is 1. The fraction of sp³-hybridized carbons (Fsp3) is 0.444. The molecule has 1 N–H and O–H groups in total. The summed E-state index contributed by atoms with van der Waals surface area (Å²) in [7, 11) is 0. The summed E-state index contributed by atoms with van der Waals surface area (Å²) in [6.45, 7) is 4.59. The molecule has 0 radical (unpaired) electrons. The van der Waals surface area contributed by atoms with E-state index >= 15 is 0 Å². The minimum absolute atomic E-state index is 0.0753. The minimum atomic E-state index is -0.0753. The maximum atomic E-state index is 11.1. The van der Waals surface area contributed by atoms with E-state index in [4.69, 9.17) is 0 Å². The second kappa shape index (κ2) is 7.77. The molecule has 0 bridgehead atoms. The number of thiazole rings is 1. The number of anilines is 1. The van der Waals surface area contributed by atoms with E-state index in [9.17, 15) is 4.79 Å². The standard InChI is InChI=1S/C18H21N5OS2/c1-12(24)22-18-19-8-14(26-18)10-23-5-2-3-13(9-23)7-16-17-15(4-6-25-17)20-11-21-16/h4,6,8,11,13H,2-3,5,7,9-10H2,1H3,(H,19,22,24). The Kier molecular flexibility index (Phi) is 5.23. The summed E-state index contributed by atoms with van der Waals surface area (Å²) in [5.41, 5.74) is 2.24. The van der Waals surface area contributed by atoms with E-state index in [0.717, 1.165) is 31.6 Å². The molecule has 4 heterocycles. The first-order valence-electron chi connectivity index (χ1n) is 8.79. The van der Waals surface area contributed by atoms with Gasteiger partial charge in [-0.05, 0) is 43.2 Å². The zero-order valence-corrected chi connectivity index (χ0v) is 16.3. The van der Waals surface area contributed by atoms with Gasteiger partial charge in [-0.1, -0.05) is 0 Å². The number of rotatable bonds is 5. The van der Waals surface area contributed by atoms with Crippen molar-refractivity contribution in [3.63, 3.8) is 0 Å². The van der Waals surface area contributed by atoms with Gasteiger partial charge in [0.05, 0.1) is 15.9 Å². The lowest BCUT2D eigenvalue weighted by Crippen LogP contribution is -2.35. The molecule has 0 saturated carbocycles. The van der Waals surface area contributed by atoms with Gasteiger partial charge < -0.3 is 5.32 Å². The van der Waals surface area contributed by atoms with Gasteiger partial charge in [-0.3, -0.25) is 9.69 Å². The molecule has 1 amide bonds. The highest BCUT2D eigenvalue weighted by molar-refractivity contribution is 7.17. The van der Waals surface area contributed by atoms with Gasteiger partial charge in [0.2, 0.25) is 5.91 Å². The van der Waals surface area contributed by atoms with Crippen molar-refractivity contribution in [3.05, 3.63) is 34.5 Å². The van der Waals surface area contributed by atoms with Crippen molar-refractivity contribution in [1.29, 1.82) is 0 Å². The van der Waals surface area contributed by atoms with Crippen molar-refractivity contribution in [2.45, 2.75) is 32.7 Å². The number of nitrogens with one attached hydrogen (secondary N) is 1. The normalized spacial score (nSPS) is 18.3. The summed E-state index contributed by atoms with van der Waals surface area (Å²) in [5.74, 6) is 0.542. The van der Waals surface area contributed by atoms with Crippen molar-refractivity contribution < 1.29 is 4.79 Å². The Hall–Kier alpha value is -1.90. The van der Waals surface area contributed by atoms with Crippen LogP contribution >= 0.6 is 22.7 Å². The van der Waals surface area contributed by atoms with Crippen LogP contribution in [-0.4, -0.2) is 38.8 Å². The molecule has 136 valence electrons. The Morgan fingerprint density at radius 1 is 1.38 bits per heavy atom. The SMILES string of the molecule is CC(=O)Nc1ncc(CN2CCCC(Cc3ncnc4ccsc34)C2)s1. The summed E-state index contributed by atoms with van der Waals surface area (Å²) < 4.78 is 1.23. The van der Waals surface area contributed by atoms with Gasteiger partial charge in [0, 0.05) is 31.1 Å². The van der Waals surface area contributed by atoms with Gasteiger partial charge in [-0.25, -0.2) is 15.0 Å². The molecular formula is C18H21N5OS2. The molecule has 26 heavy (non-hydrogen) atoms. The number of carbonyl (C=O) groups excluding carboxylic acids is 1. The highest BCUT2D eigenvalue weighted by Crippen LogP contribution is 2.28. The lowest BCUT2D eigenvalue weighted by molar-refractivity contribution is -0.114. The average Bonchev–Trinajstić information content (AvgIpc) is 3.25. The Morgan fingerprint density at radius 2 is 2.31 bits per heavy atom. The maximum absolute atomic E-state index is 11.1. The van der Waals surface area contributed by atoms with Gasteiger partial charge in [-0.15, -0.1) is 22.7 Å². The van der Waals surface area contributed by atoms with Crippen molar-refractivity contribution in [2.24, 2.45) is 5.92 Å². The monoisotopic (exact) mass is 387 g/mol. The van der Waals surface area contributed by atoms with Crippen LogP contribution in [0.4, 0.5) is 5.13 Å². The number of hydrogen-bond donors (Lipinski definition) is 1. The van der Waals surface area contributed by atoms with Crippen LogP contribution in [0.3, 0.4) is 0 Å². The first kappa shape index (κ1) is 17.5. The van der Waals surface area contributed by atoms with Crippen molar-refractivity contribution in [3.8, 4) is 0 Å². The van der Waals surface area contributed by atoms with Crippen LogP contribution in [0.25, 0.3) is 10.2 Å². The van der Waals surface area contributed by atoms with Crippen LogP contribution in [0.2, 0.25) is 0 Å².